The lowest BCUT2D eigenvalue weighted by Gasteiger charge is -2.31. The van der Waals surface area contributed by atoms with Crippen molar-refractivity contribution < 1.29 is 0 Å². The van der Waals surface area contributed by atoms with Gasteiger partial charge in [-0.3, -0.25) is 0 Å². The molecule has 0 aromatic rings. The molecule has 98 valence electrons. The van der Waals surface area contributed by atoms with Gasteiger partial charge in [0, 0.05) is 12.6 Å². The Kier molecular flexibility index (Phi) is 3.99. The molecule has 3 heteroatoms. The zero-order chi connectivity index (χ0) is 11.5. The Bertz CT molecular complexity index is 238. The van der Waals surface area contributed by atoms with Gasteiger partial charge in [-0.1, -0.05) is 0 Å². The maximum Gasteiger partial charge on any atom is 0.0120 e. The van der Waals surface area contributed by atoms with Gasteiger partial charge in [0.2, 0.25) is 0 Å². The third-order valence-corrected chi connectivity index (χ3v) is 4.89. The predicted molar refractivity (Wildman–Crippen MR) is 71.2 cm³/mol. The first-order valence-electron chi connectivity index (χ1n) is 7.60. The Morgan fingerprint density at radius 1 is 1.00 bits per heavy atom. The first kappa shape index (κ1) is 11.9. The maximum atomic E-state index is 3.82. The second-order valence-corrected chi connectivity index (χ2v) is 6.10. The largest absolute Gasteiger partial charge is 0.314 e. The van der Waals surface area contributed by atoms with E-state index in [0.29, 0.717) is 0 Å². The Labute approximate surface area is 106 Å². The van der Waals surface area contributed by atoms with E-state index in [-0.39, 0.29) is 0 Å². The van der Waals surface area contributed by atoms with Crippen molar-refractivity contribution in [3.8, 4) is 0 Å². The SMILES string of the molecule is C1CCN(CCCNC2CCN3CCC2C3)C1. The molecular formula is C14H27N3. The highest BCUT2D eigenvalue weighted by Crippen LogP contribution is 2.26. The molecule has 3 atom stereocenters. The van der Waals surface area contributed by atoms with Gasteiger partial charge in [0.15, 0.2) is 0 Å². The molecule has 3 unspecified atom stereocenters. The molecule has 0 amide bonds. The van der Waals surface area contributed by atoms with Crippen LogP contribution in [0.5, 0.6) is 0 Å². The van der Waals surface area contributed by atoms with Gasteiger partial charge in [-0.2, -0.15) is 0 Å². The van der Waals surface area contributed by atoms with E-state index in [9.17, 15) is 0 Å². The number of likely N-dealkylation sites (tertiary alicyclic amines) is 1. The van der Waals surface area contributed by atoms with Crippen LogP contribution < -0.4 is 5.32 Å². The fraction of sp³-hybridized carbons (Fsp3) is 1.00. The molecule has 3 aliphatic heterocycles. The monoisotopic (exact) mass is 237 g/mol. The van der Waals surface area contributed by atoms with Gasteiger partial charge in [0.1, 0.15) is 0 Å². The highest BCUT2D eigenvalue weighted by molar-refractivity contribution is 4.90. The summed E-state index contributed by atoms with van der Waals surface area (Å²) in [7, 11) is 0. The molecule has 0 radical (unpaired) electrons. The predicted octanol–water partition coefficient (Wildman–Crippen LogP) is 1.16. The van der Waals surface area contributed by atoms with Crippen molar-refractivity contribution in [2.45, 2.75) is 38.1 Å². The fourth-order valence-electron chi connectivity index (χ4n) is 3.82. The summed E-state index contributed by atoms with van der Waals surface area (Å²) in [5, 5.41) is 3.82. The highest BCUT2D eigenvalue weighted by Gasteiger charge is 2.33. The third-order valence-electron chi connectivity index (χ3n) is 4.89. The van der Waals surface area contributed by atoms with Crippen LogP contribution in [0.3, 0.4) is 0 Å². The number of hydrogen-bond acceptors (Lipinski definition) is 3. The lowest BCUT2D eigenvalue weighted by Crippen LogP contribution is -2.44. The Hall–Kier alpha value is -0.120. The Morgan fingerprint density at radius 3 is 2.71 bits per heavy atom. The van der Waals surface area contributed by atoms with Crippen molar-refractivity contribution in [1.82, 2.24) is 15.1 Å². The molecule has 0 spiro atoms. The van der Waals surface area contributed by atoms with Gasteiger partial charge in [0.25, 0.3) is 0 Å². The lowest BCUT2D eigenvalue weighted by atomic mass is 9.94. The van der Waals surface area contributed by atoms with Gasteiger partial charge in [-0.05, 0) is 77.3 Å². The summed E-state index contributed by atoms with van der Waals surface area (Å²) >= 11 is 0. The van der Waals surface area contributed by atoms with E-state index in [1.165, 1.54) is 77.9 Å². The maximum absolute atomic E-state index is 3.82. The zero-order valence-electron chi connectivity index (χ0n) is 11.0. The summed E-state index contributed by atoms with van der Waals surface area (Å²) in [4.78, 5) is 5.26. The summed E-state index contributed by atoms with van der Waals surface area (Å²) in [6, 6.07) is 0.826. The Morgan fingerprint density at radius 2 is 1.82 bits per heavy atom. The van der Waals surface area contributed by atoms with Crippen LogP contribution in [0.25, 0.3) is 0 Å². The van der Waals surface area contributed by atoms with E-state index in [1.807, 2.05) is 0 Å². The zero-order valence-corrected chi connectivity index (χ0v) is 11.0. The number of piperidine rings is 1. The first-order valence-corrected chi connectivity index (χ1v) is 7.60. The van der Waals surface area contributed by atoms with Gasteiger partial charge >= 0.3 is 0 Å². The van der Waals surface area contributed by atoms with Crippen molar-refractivity contribution >= 4 is 0 Å². The average molecular weight is 237 g/mol. The molecule has 0 aromatic carbocycles. The normalized spacial score (nSPS) is 37.8. The molecule has 1 N–H and O–H groups in total. The number of nitrogens with one attached hydrogen (secondary N) is 1. The summed E-state index contributed by atoms with van der Waals surface area (Å²) in [5.41, 5.74) is 0. The number of nitrogens with zero attached hydrogens (tertiary/aromatic N) is 2. The van der Waals surface area contributed by atoms with E-state index in [4.69, 9.17) is 0 Å². The summed E-state index contributed by atoms with van der Waals surface area (Å²) in [6.45, 7) is 9.30. The third kappa shape index (κ3) is 3.01. The average Bonchev–Trinajstić information content (AvgIpc) is 2.97. The standard InChI is InChI=1S/C14H27N3/c1-2-8-16(7-1)9-3-6-15-14-5-11-17-10-4-13(14)12-17/h13-15H,1-12H2. The van der Waals surface area contributed by atoms with Gasteiger partial charge in [-0.15, -0.1) is 0 Å². The minimum Gasteiger partial charge on any atom is -0.314 e. The summed E-state index contributed by atoms with van der Waals surface area (Å²) in [5.74, 6) is 0.954. The van der Waals surface area contributed by atoms with Crippen molar-refractivity contribution in [3.63, 3.8) is 0 Å². The summed E-state index contributed by atoms with van der Waals surface area (Å²) < 4.78 is 0. The molecule has 0 aliphatic carbocycles. The number of fused-ring (bicyclic) bond motifs is 2. The van der Waals surface area contributed by atoms with Crippen LogP contribution in [-0.4, -0.2) is 61.7 Å². The molecule has 0 aromatic heterocycles. The van der Waals surface area contributed by atoms with Crippen LogP contribution in [0.1, 0.15) is 32.1 Å². The second kappa shape index (κ2) is 5.68. The summed E-state index contributed by atoms with van der Waals surface area (Å²) in [6.07, 6.45) is 7.01. The minimum atomic E-state index is 0.826. The fourth-order valence-corrected chi connectivity index (χ4v) is 3.82. The van der Waals surface area contributed by atoms with Gasteiger partial charge in [0.05, 0.1) is 0 Å². The topological polar surface area (TPSA) is 18.5 Å². The molecule has 17 heavy (non-hydrogen) atoms. The van der Waals surface area contributed by atoms with Crippen LogP contribution in [0.4, 0.5) is 0 Å². The van der Waals surface area contributed by atoms with Crippen LogP contribution in [0, 0.1) is 5.92 Å². The van der Waals surface area contributed by atoms with E-state index < -0.39 is 0 Å². The van der Waals surface area contributed by atoms with Crippen LogP contribution >= 0.6 is 0 Å². The van der Waals surface area contributed by atoms with Crippen molar-refractivity contribution in [1.29, 1.82) is 0 Å². The van der Waals surface area contributed by atoms with Gasteiger partial charge in [-0.25, -0.2) is 0 Å². The Balaban J connectivity index is 1.31. The quantitative estimate of drug-likeness (QED) is 0.724. The van der Waals surface area contributed by atoms with Crippen LogP contribution in [0.2, 0.25) is 0 Å². The van der Waals surface area contributed by atoms with E-state index in [2.05, 4.69) is 15.1 Å². The molecule has 3 heterocycles. The molecular weight excluding hydrogens is 210 g/mol. The number of rotatable bonds is 5. The lowest BCUT2D eigenvalue weighted by molar-refractivity contribution is 0.219. The van der Waals surface area contributed by atoms with Crippen molar-refractivity contribution in [2.75, 3.05) is 45.8 Å². The van der Waals surface area contributed by atoms with Crippen molar-refractivity contribution in [3.05, 3.63) is 0 Å². The molecule has 3 rings (SSSR count). The molecule has 3 saturated heterocycles. The second-order valence-electron chi connectivity index (χ2n) is 6.10. The molecule has 3 aliphatic rings. The molecule has 2 bridgehead atoms. The van der Waals surface area contributed by atoms with Crippen LogP contribution in [0.15, 0.2) is 0 Å². The van der Waals surface area contributed by atoms with E-state index >= 15 is 0 Å². The van der Waals surface area contributed by atoms with E-state index in [0.717, 1.165) is 12.0 Å². The highest BCUT2D eigenvalue weighted by atomic mass is 15.2. The van der Waals surface area contributed by atoms with Crippen LogP contribution in [-0.2, 0) is 0 Å². The molecule has 0 saturated carbocycles. The first-order chi connectivity index (χ1) is 8.42. The minimum absolute atomic E-state index is 0.826. The molecule has 3 nitrogen and oxygen atoms in total. The molecule has 3 fully saturated rings. The smallest absolute Gasteiger partial charge is 0.0120 e. The van der Waals surface area contributed by atoms with E-state index in [1.54, 1.807) is 0 Å². The number of hydrogen-bond donors (Lipinski definition) is 1. The van der Waals surface area contributed by atoms with Gasteiger partial charge < -0.3 is 15.1 Å². The van der Waals surface area contributed by atoms with Crippen molar-refractivity contribution in [2.24, 2.45) is 5.92 Å².